The fourth-order valence-corrected chi connectivity index (χ4v) is 4.20. The summed E-state index contributed by atoms with van der Waals surface area (Å²) in [6, 6.07) is 12.1. The summed E-state index contributed by atoms with van der Waals surface area (Å²) >= 11 is 0. The van der Waals surface area contributed by atoms with E-state index in [-0.39, 0.29) is 29.2 Å². The van der Waals surface area contributed by atoms with E-state index in [9.17, 15) is 34.2 Å². The number of esters is 3. The number of terminal acetylenes is 1. The highest BCUT2D eigenvalue weighted by atomic mass is 16.6. The Bertz CT molecular complexity index is 1310. The highest BCUT2D eigenvalue weighted by Crippen LogP contribution is 2.28. The van der Waals surface area contributed by atoms with Crippen molar-refractivity contribution in [3.05, 3.63) is 70.8 Å². The first kappa shape index (κ1) is 35.5. The molecule has 0 saturated carbocycles. The molecule has 0 amide bonds. The molecule has 0 aromatic heterocycles. The Balaban J connectivity index is 0.000000358. The van der Waals surface area contributed by atoms with E-state index in [0.29, 0.717) is 0 Å². The molecule has 2 aromatic carbocycles. The van der Waals surface area contributed by atoms with Crippen LogP contribution >= 0.6 is 0 Å². The second-order valence-electron chi connectivity index (χ2n) is 11.6. The molecule has 0 radical (unpaired) electrons. The van der Waals surface area contributed by atoms with Gasteiger partial charge in [-0.1, -0.05) is 41.3 Å². The van der Waals surface area contributed by atoms with Crippen LogP contribution in [0.4, 0.5) is 0 Å². The van der Waals surface area contributed by atoms with Gasteiger partial charge in [0.2, 0.25) is 12.2 Å². The molecule has 236 valence electrons. The fourth-order valence-electron chi connectivity index (χ4n) is 4.20. The molecule has 0 spiro atoms. The molecule has 0 aliphatic carbocycles. The van der Waals surface area contributed by atoms with Gasteiger partial charge in [0.15, 0.2) is 0 Å². The minimum absolute atomic E-state index is 0.0332. The van der Waals surface area contributed by atoms with Crippen LogP contribution in [0.3, 0.4) is 0 Å². The van der Waals surface area contributed by atoms with Crippen LogP contribution in [0.1, 0.15) is 72.4 Å². The number of carboxylic acid groups (broad SMARTS) is 2. The van der Waals surface area contributed by atoms with Crippen molar-refractivity contribution >= 4 is 29.8 Å². The van der Waals surface area contributed by atoms with Crippen LogP contribution < -0.4 is 0 Å². The van der Waals surface area contributed by atoms with Crippen molar-refractivity contribution in [2.24, 2.45) is 0 Å². The number of hydrogen-bond acceptors (Lipinski definition) is 9. The largest absolute Gasteiger partial charge is 0.478 e. The van der Waals surface area contributed by atoms with Gasteiger partial charge >= 0.3 is 29.8 Å². The zero-order valence-electron chi connectivity index (χ0n) is 25.8. The number of carbonyl (C=O) groups excluding carboxylic acids is 3. The summed E-state index contributed by atoms with van der Waals surface area (Å²) in [5, 5.41) is 18.6. The lowest BCUT2D eigenvalue weighted by molar-refractivity contribution is -0.166. The molecule has 11 heteroatoms. The van der Waals surface area contributed by atoms with Crippen molar-refractivity contribution in [1.29, 1.82) is 0 Å². The Morgan fingerprint density at radius 3 is 1.61 bits per heavy atom. The quantitative estimate of drug-likeness (QED) is 0.240. The molecule has 2 N–H and O–H groups in total. The van der Waals surface area contributed by atoms with E-state index in [1.807, 2.05) is 32.6 Å². The first-order chi connectivity index (χ1) is 20.5. The predicted molar refractivity (Wildman–Crippen MR) is 160 cm³/mol. The topological polar surface area (TPSA) is 157 Å². The second kappa shape index (κ2) is 15.2. The summed E-state index contributed by atoms with van der Waals surface area (Å²) in [6.07, 6.45) is 3.07. The zero-order valence-corrected chi connectivity index (χ0v) is 25.8. The standard InChI is InChI=1S/C20H18O8.C13H21NO2/c1-11-3-7-13(8-4-11)19(25)27-15(17(21)22)16(18(23)24)28-20(26)14-9-5-12(2)6-10-14;1-6-13(5)8-7-9-14(13)10-11(15)16-12(2,3)4/h3-10,15-16H,1-2H3,(H,21,22)(H,23,24);1H,7-10H2,2-5H3. The van der Waals surface area contributed by atoms with Gasteiger partial charge in [-0.3, -0.25) is 9.69 Å². The van der Waals surface area contributed by atoms with Crippen LogP contribution in [-0.4, -0.2) is 81.4 Å². The number of benzene rings is 2. The Morgan fingerprint density at radius 1 is 0.864 bits per heavy atom. The molecule has 3 rings (SSSR count). The smallest absolute Gasteiger partial charge is 0.349 e. The predicted octanol–water partition coefficient (Wildman–Crippen LogP) is 4.04. The maximum absolute atomic E-state index is 12.2. The van der Waals surface area contributed by atoms with Gasteiger partial charge in [0.25, 0.3) is 0 Å². The van der Waals surface area contributed by atoms with E-state index in [4.69, 9.17) is 20.6 Å². The molecule has 3 unspecified atom stereocenters. The number of nitrogens with zero attached hydrogens (tertiary/aromatic N) is 1. The molecule has 1 heterocycles. The van der Waals surface area contributed by atoms with E-state index >= 15 is 0 Å². The molecule has 44 heavy (non-hydrogen) atoms. The monoisotopic (exact) mass is 609 g/mol. The van der Waals surface area contributed by atoms with Gasteiger partial charge in [0, 0.05) is 6.54 Å². The molecule has 11 nitrogen and oxygen atoms in total. The lowest BCUT2D eigenvalue weighted by Crippen LogP contribution is -2.45. The zero-order chi connectivity index (χ0) is 33.2. The van der Waals surface area contributed by atoms with Crippen LogP contribution in [-0.2, 0) is 28.6 Å². The average Bonchev–Trinajstić information content (AvgIpc) is 3.30. The number of carbonyl (C=O) groups is 5. The minimum atomic E-state index is -2.22. The molecule has 1 aliphatic heterocycles. The summed E-state index contributed by atoms with van der Waals surface area (Å²) < 4.78 is 14.9. The van der Waals surface area contributed by atoms with Crippen molar-refractivity contribution < 1.29 is 48.4 Å². The normalized spacial score (nSPS) is 17.6. The molecule has 0 bridgehead atoms. The van der Waals surface area contributed by atoms with Crippen molar-refractivity contribution in [3.63, 3.8) is 0 Å². The van der Waals surface area contributed by atoms with E-state index in [1.165, 1.54) is 24.3 Å². The van der Waals surface area contributed by atoms with E-state index < -0.39 is 41.7 Å². The number of aliphatic carboxylic acids is 2. The Hall–Kier alpha value is -4.69. The van der Waals surface area contributed by atoms with Crippen LogP contribution in [0, 0.1) is 26.2 Å². The van der Waals surface area contributed by atoms with Crippen molar-refractivity contribution in [2.45, 2.75) is 77.7 Å². The van der Waals surface area contributed by atoms with Crippen molar-refractivity contribution in [3.8, 4) is 12.3 Å². The van der Waals surface area contributed by atoms with Crippen LogP contribution in [0.25, 0.3) is 0 Å². The van der Waals surface area contributed by atoms with Crippen molar-refractivity contribution in [2.75, 3.05) is 13.1 Å². The third kappa shape index (κ3) is 10.5. The Kier molecular flexibility index (Phi) is 12.2. The first-order valence-corrected chi connectivity index (χ1v) is 13.9. The summed E-state index contributed by atoms with van der Waals surface area (Å²) in [5.74, 6) is -3.04. The molecular weight excluding hydrogens is 570 g/mol. The lowest BCUT2D eigenvalue weighted by atomic mass is 10.0. The molecule has 3 atom stereocenters. The number of likely N-dealkylation sites (tertiary alicyclic amines) is 1. The van der Waals surface area contributed by atoms with Crippen LogP contribution in [0.5, 0.6) is 0 Å². The third-order valence-electron chi connectivity index (χ3n) is 6.64. The van der Waals surface area contributed by atoms with Gasteiger partial charge in [-0.25, -0.2) is 19.2 Å². The van der Waals surface area contributed by atoms with Crippen LogP contribution in [0.2, 0.25) is 0 Å². The average molecular weight is 610 g/mol. The maximum Gasteiger partial charge on any atom is 0.349 e. The fraction of sp³-hybridized carbons (Fsp3) is 0.424. The molecular formula is C33H39NO10. The van der Waals surface area contributed by atoms with Gasteiger partial charge in [-0.2, -0.15) is 0 Å². The van der Waals surface area contributed by atoms with E-state index in [0.717, 1.165) is 30.5 Å². The lowest BCUT2D eigenvalue weighted by Gasteiger charge is -2.30. The summed E-state index contributed by atoms with van der Waals surface area (Å²) in [7, 11) is 0. The van der Waals surface area contributed by atoms with E-state index in [1.54, 1.807) is 38.1 Å². The SMILES string of the molecule is C#CC1(C)CCCN1CC(=O)OC(C)(C)C.Cc1ccc(C(=O)OC(C(=O)O)C(OC(=O)c2ccc(C)cc2)C(=O)O)cc1. The van der Waals surface area contributed by atoms with Crippen molar-refractivity contribution in [1.82, 2.24) is 4.90 Å². The van der Waals surface area contributed by atoms with Gasteiger partial charge in [0.05, 0.1) is 23.2 Å². The van der Waals surface area contributed by atoms with E-state index in [2.05, 4.69) is 5.92 Å². The summed E-state index contributed by atoms with van der Waals surface area (Å²) in [5.41, 5.74) is 1.08. The third-order valence-corrected chi connectivity index (χ3v) is 6.64. The highest BCUT2D eigenvalue weighted by molar-refractivity contribution is 5.95. The molecule has 1 fully saturated rings. The Morgan fingerprint density at radius 2 is 1.27 bits per heavy atom. The molecule has 2 aromatic rings. The number of carboxylic acids is 2. The number of rotatable bonds is 9. The minimum Gasteiger partial charge on any atom is -0.478 e. The van der Waals surface area contributed by atoms with Crippen LogP contribution in [0.15, 0.2) is 48.5 Å². The summed E-state index contributed by atoms with van der Waals surface area (Å²) in [4.78, 5) is 61.1. The first-order valence-electron chi connectivity index (χ1n) is 13.9. The number of hydrogen-bond donors (Lipinski definition) is 2. The number of ether oxygens (including phenoxy) is 3. The molecule has 1 saturated heterocycles. The van der Waals surface area contributed by atoms with Gasteiger partial charge < -0.3 is 24.4 Å². The van der Waals surface area contributed by atoms with Gasteiger partial charge in [0.1, 0.15) is 5.60 Å². The van der Waals surface area contributed by atoms with Gasteiger partial charge in [-0.15, -0.1) is 6.42 Å². The Labute approximate surface area is 257 Å². The van der Waals surface area contributed by atoms with Gasteiger partial charge in [-0.05, 0) is 78.6 Å². The second-order valence-corrected chi connectivity index (χ2v) is 11.6. The summed E-state index contributed by atoms with van der Waals surface area (Å²) in [6.45, 7) is 12.4. The molecule has 1 aliphatic rings. The highest BCUT2D eigenvalue weighted by Gasteiger charge is 2.41. The number of aryl methyl sites for hydroxylation is 2. The maximum atomic E-state index is 12.2.